The third kappa shape index (κ3) is 1.70. The number of hydrogen-bond donors (Lipinski definition) is 0. The SMILES string of the molecule is CN1Cc2cncn2-c2ccccc2C1=O.Cl. The Hall–Kier alpha value is -1.81. The summed E-state index contributed by atoms with van der Waals surface area (Å²) in [5.41, 5.74) is 2.66. The monoisotopic (exact) mass is 249 g/mol. The predicted molar refractivity (Wildman–Crippen MR) is 66.6 cm³/mol. The number of halogens is 1. The van der Waals surface area contributed by atoms with E-state index in [1.165, 1.54) is 0 Å². The highest BCUT2D eigenvalue weighted by molar-refractivity contribution is 5.98. The largest absolute Gasteiger partial charge is 0.336 e. The number of amides is 1. The van der Waals surface area contributed by atoms with Crippen LogP contribution in [0.2, 0.25) is 0 Å². The van der Waals surface area contributed by atoms with Crippen molar-refractivity contribution in [2.75, 3.05) is 7.05 Å². The van der Waals surface area contributed by atoms with E-state index in [1.54, 1.807) is 17.4 Å². The Bertz CT molecular complexity index is 564. The number of nitrogens with zero attached hydrogens (tertiary/aromatic N) is 3. The van der Waals surface area contributed by atoms with Crippen molar-refractivity contribution < 1.29 is 4.79 Å². The van der Waals surface area contributed by atoms with Crippen molar-refractivity contribution in [1.82, 2.24) is 14.5 Å². The van der Waals surface area contributed by atoms with Crippen LogP contribution in [0.1, 0.15) is 16.1 Å². The Morgan fingerprint density at radius 3 is 2.88 bits per heavy atom. The summed E-state index contributed by atoms with van der Waals surface area (Å²) >= 11 is 0. The Labute approximate surface area is 105 Å². The molecule has 0 saturated heterocycles. The summed E-state index contributed by atoms with van der Waals surface area (Å²) in [7, 11) is 1.81. The van der Waals surface area contributed by atoms with Gasteiger partial charge in [-0.25, -0.2) is 4.98 Å². The zero-order chi connectivity index (χ0) is 11.1. The molecule has 2 heterocycles. The molecule has 4 nitrogen and oxygen atoms in total. The summed E-state index contributed by atoms with van der Waals surface area (Å²) < 4.78 is 1.97. The molecule has 88 valence electrons. The van der Waals surface area contributed by atoms with E-state index in [1.807, 2.05) is 35.9 Å². The van der Waals surface area contributed by atoms with Crippen molar-refractivity contribution in [3.63, 3.8) is 0 Å². The average molecular weight is 250 g/mol. The van der Waals surface area contributed by atoms with Gasteiger partial charge in [-0.15, -0.1) is 12.4 Å². The van der Waals surface area contributed by atoms with Crippen molar-refractivity contribution in [2.24, 2.45) is 0 Å². The molecule has 3 rings (SSSR count). The normalized spacial score (nSPS) is 13.5. The van der Waals surface area contributed by atoms with Crippen LogP contribution in [0.3, 0.4) is 0 Å². The first kappa shape index (κ1) is 11.7. The smallest absolute Gasteiger partial charge is 0.256 e. The van der Waals surface area contributed by atoms with Gasteiger partial charge in [0, 0.05) is 7.05 Å². The molecule has 0 unspecified atom stereocenters. The lowest BCUT2D eigenvalue weighted by atomic mass is 10.1. The van der Waals surface area contributed by atoms with Gasteiger partial charge in [-0.05, 0) is 12.1 Å². The molecule has 1 amide bonds. The molecule has 0 bridgehead atoms. The van der Waals surface area contributed by atoms with E-state index < -0.39 is 0 Å². The predicted octanol–water partition coefficient (Wildman–Crippen LogP) is 1.88. The van der Waals surface area contributed by atoms with Crippen LogP contribution in [0.15, 0.2) is 36.8 Å². The minimum atomic E-state index is 0. The maximum atomic E-state index is 12.1. The van der Waals surface area contributed by atoms with Crippen LogP contribution in [0, 0.1) is 0 Å². The maximum absolute atomic E-state index is 12.1. The number of hydrogen-bond acceptors (Lipinski definition) is 2. The zero-order valence-electron chi connectivity index (χ0n) is 9.33. The minimum Gasteiger partial charge on any atom is -0.336 e. The van der Waals surface area contributed by atoms with Crippen LogP contribution in [0.5, 0.6) is 0 Å². The summed E-state index contributed by atoms with van der Waals surface area (Å²) in [6.45, 7) is 0.591. The molecular weight excluding hydrogens is 238 g/mol. The Kier molecular flexibility index (Phi) is 2.90. The first-order chi connectivity index (χ1) is 7.77. The van der Waals surface area contributed by atoms with E-state index >= 15 is 0 Å². The fourth-order valence-electron chi connectivity index (χ4n) is 2.04. The molecule has 0 saturated carbocycles. The molecule has 1 aliphatic rings. The molecule has 0 aliphatic carbocycles. The number of aromatic nitrogens is 2. The number of benzene rings is 1. The van der Waals surface area contributed by atoms with E-state index in [2.05, 4.69) is 4.98 Å². The van der Waals surface area contributed by atoms with Gasteiger partial charge in [0.2, 0.25) is 0 Å². The van der Waals surface area contributed by atoms with Crippen molar-refractivity contribution in [2.45, 2.75) is 6.54 Å². The van der Waals surface area contributed by atoms with Crippen molar-refractivity contribution in [3.8, 4) is 5.69 Å². The van der Waals surface area contributed by atoms with Crippen LogP contribution in [0.4, 0.5) is 0 Å². The molecule has 0 fully saturated rings. The van der Waals surface area contributed by atoms with Gasteiger partial charge in [0.15, 0.2) is 0 Å². The molecule has 17 heavy (non-hydrogen) atoms. The topological polar surface area (TPSA) is 38.1 Å². The number of rotatable bonds is 0. The fraction of sp³-hybridized carbons (Fsp3) is 0.167. The first-order valence-corrected chi connectivity index (χ1v) is 5.13. The summed E-state index contributed by atoms with van der Waals surface area (Å²) in [4.78, 5) is 17.9. The van der Waals surface area contributed by atoms with Crippen molar-refractivity contribution in [1.29, 1.82) is 0 Å². The van der Waals surface area contributed by atoms with E-state index in [9.17, 15) is 4.79 Å². The molecule has 0 atom stereocenters. The molecule has 1 aromatic carbocycles. The third-order valence-electron chi connectivity index (χ3n) is 2.85. The summed E-state index contributed by atoms with van der Waals surface area (Å²) in [6, 6.07) is 7.61. The van der Waals surface area contributed by atoms with Gasteiger partial charge in [0.05, 0.1) is 36.0 Å². The number of carbonyl (C=O) groups excluding carboxylic acids is 1. The Morgan fingerprint density at radius 1 is 1.29 bits per heavy atom. The van der Waals surface area contributed by atoms with E-state index in [-0.39, 0.29) is 18.3 Å². The van der Waals surface area contributed by atoms with E-state index in [4.69, 9.17) is 0 Å². The van der Waals surface area contributed by atoms with Gasteiger partial charge in [0.25, 0.3) is 5.91 Å². The lowest BCUT2D eigenvalue weighted by molar-refractivity contribution is 0.0788. The Morgan fingerprint density at radius 2 is 2.06 bits per heavy atom. The highest BCUT2D eigenvalue weighted by Crippen LogP contribution is 2.22. The molecule has 5 heteroatoms. The van der Waals surface area contributed by atoms with Gasteiger partial charge in [-0.3, -0.25) is 4.79 Å². The van der Waals surface area contributed by atoms with Crippen molar-refractivity contribution >= 4 is 18.3 Å². The van der Waals surface area contributed by atoms with Gasteiger partial charge in [0.1, 0.15) is 0 Å². The highest BCUT2D eigenvalue weighted by Gasteiger charge is 2.22. The molecule has 2 aromatic rings. The third-order valence-corrected chi connectivity index (χ3v) is 2.85. The lowest BCUT2D eigenvalue weighted by Crippen LogP contribution is -2.24. The number of fused-ring (bicyclic) bond motifs is 3. The summed E-state index contributed by atoms with van der Waals surface area (Å²) in [5.74, 6) is 0.0549. The van der Waals surface area contributed by atoms with Gasteiger partial charge in [-0.1, -0.05) is 12.1 Å². The fourth-order valence-corrected chi connectivity index (χ4v) is 2.04. The zero-order valence-corrected chi connectivity index (χ0v) is 10.1. The van der Waals surface area contributed by atoms with Gasteiger partial charge >= 0.3 is 0 Å². The quantitative estimate of drug-likeness (QED) is 0.715. The van der Waals surface area contributed by atoms with Crippen LogP contribution >= 0.6 is 12.4 Å². The van der Waals surface area contributed by atoms with Crippen LogP contribution < -0.4 is 0 Å². The van der Waals surface area contributed by atoms with E-state index in [0.29, 0.717) is 6.54 Å². The molecule has 0 radical (unpaired) electrons. The molecular formula is C12H12ClN3O. The average Bonchev–Trinajstić information content (AvgIpc) is 2.72. The highest BCUT2D eigenvalue weighted by atomic mass is 35.5. The summed E-state index contributed by atoms with van der Waals surface area (Å²) in [5, 5.41) is 0. The van der Waals surface area contributed by atoms with Crippen LogP contribution in [-0.4, -0.2) is 27.4 Å². The van der Waals surface area contributed by atoms with Gasteiger partial charge < -0.3 is 9.47 Å². The second-order valence-corrected chi connectivity index (χ2v) is 3.93. The number of imidazole rings is 1. The molecule has 1 aromatic heterocycles. The molecule has 0 N–H and O–H groups in total. The first-order valence-electron chi connectivity index (χ1n) is 5.13. The number of carbonyl (C=O) groups is 1. The number of para-hydroxylation sites is 1. The van der Waals surface area contributed by atoms with Crippen LogP contribution in [0.25, 0.3) is 5.69 Å². The molecule has 1 aliphatic heterocycles. The molecule has 0 spiro atoms. The van der Waals surface area contributed by atoms with Gasteiger partial charge in [-0.2, -0.15) is 0 Å². The van der Waals surface area contributed by atoms with E-state index in [0.717, 1.165) is 16.9 Å². The van der Waals surface area contributed by atoms with Crippen molar-refractivity contribution in [3.05, 3.63) is 48.0 Å². The maximum Gasteiger partial charge on any atom is 0.256 e. The second-order valence-electron chi connectivity index (χ2n) is 3.93. The minimum absolute atomic E-state index is 0. The second kappa shape index (κ2) is 4.22. The Balaban J connectivity index is 0.00000108. The standard InChI is InChI=1S/C12H11N3O.ClH/c1-14-7-9-6-13-8-15(9)11-5-3-2-4-10(11)12(14)16;/h2-6,8H,7H2,1H3;1H. The summed E-state index contributed by atoms with van der Waals surface area (Å²) in [6.07, 6.45) is 3.55. The van der Waals surface area contributed by atoms with Crippen LogP contribution in [-0.2, 0) is 6.54 Å². The lowest BCUT2D eigenvalue weighted by Gasteiger charge is -2.13.